The fraction of sp³-hybridized carbons (Fsp3) is 0.333. The lowest BCUT2D eigenvalue weighted by Gasteiger charge is -2.24. The highest BCUT2D eigenvalue weighted by molar-refractivity contribution is 5.27. The quantitative estimate of drug-likeness (QED) is 0.874. The number of ether oxygens (including phenoxy) is 2. The Bertz CT molecular complexity index is 534. The minimum atomic E-state index is -0.444. The standard InChI is InChI=1S/C15H19N3O2/c1-3-20-14(11-7-5-4-6-8-11)12(16)13-15(19-2)18-10-9-17-13/h4-10,12,14H,3,16H2,1-2H3. The zero-order valence-electron chi connectivity index (χ0n) is 11.7. The third-order valence-electron chi connectivity index (χ3n) is 3.00. The first-order chi connectivity index (χ1) is 9.77. The highest BCUT2D eigenvalue weighted by atomic mass is 16.5. The van der Waals surface area contributed by atoms with Crippen molar-refractivity contribution in [2.75, 3.05) is 13.7 Å². The van der Waals surface area contributed by atoms with Crippen molar-refractivity contribution >= 4 is 0 Å². The summed E-state index contributed by atoms with van der Waals surface area (Å²) in [5.41, 5.74) is 7.93. The maximum absolute atomic E-state index is 6.33. The third kappa shape index (κ3) is 3.12. The Hall–Kier alpha value is -1.98. The Morgan fingerprint density at radius 2 is 1.85 bits per heavy atom. The van der Waals surface area contributed by atoms with Crippen molar-refractivity contribution in [2.45, 2.75) is 19.1 Å². The van der Waals surface area contributed by atoms with Crippen molar-refractivity contribution in [3.05, 3.63) is 54.0 Å². The van der Waals surface area contributed by atoms with Crippen LogP contribution in [0.25, 0.3) is 0 Å². The molecule has 0 fully saturated rings. The summed E-state index contributed by atoms with van der Waals surface area (Å²) in [6, 6.07) is 9.41. The Labute approximate surface area is 118 Å². The number of hydrogen-bond donors (Lipinski definition) is 1. The van der Waals surface area contributed by atoms with E-state index < -0.39 is 6.04 Å². The average molecular weight is 273 g/mol. The van der Waals surface area contributed by atoms with Gasteiger partial charge in [-0.3, -0.25) is 4.98 Å². The second kappa shape index (κ2) is 6.98. The summed E-state index contributed by atoms with van der Waals surface area (Å²) in [7, 11) is 1.55. The smallest absolute Gasteiger partial charge is 0.237 e. The van der Waals surface area contributed by atoms with E-state index in [0.29, 0.717) is 18.2 Å². The topological polar surface area (TPSA) is 70.3 Å². The summed E-state index contributed by atoms with van der Waals surface area (Å²) in [5, 5.41) is 0. The summed E-state index contributed by atoms with van der Waals surface area (Å²) >= 11 is 0. The summed E-state index contributed by atoms with van der Waals surface area (Å²) in [6.07, 6.45) is 2.89. The van der Waals surface area contributed by atoms with Crippen LogP contribution in [0.1, 0.15) is 30.3 Å². The number of rotatable bonds is 6. The molecule has 0 radical (unpaired) electrons. The molecule has 2 aromatic rings. The van der Waals surface area contributed by atoms with Crippen molar-refractivity contribution in [2.24, 2.45) is 5.73 Å². The van der Waals surface area contributed by atoms with Crippen molar-refractivity contribution in [3.8, 4) is 5.88 Å². The molecule has 2 unspecified atom stereocenters. The lowest BCUT2D eigenvalue weighted by molar-refractivity contribution is 0.0411. The molecule has 1 heterocycles. The van der Waals surface area contributed by atoms with Crippen LogP contribution >= 0.6 is 0 Å². The van der Waals surface area contributed by atoms with Crippen LogP contribution in [-0.2, 0) is 4.74 Å². The molecule has 0 saturated heterocycles. The molecule has 20 heavy (non-hydrogen) atoms. The predicted octanol–water partition coefficient (Wildman–Crippen LogP) is 2.26. The predicted molar refractivity (Wildman–Crippen MR) is 76.3 cm³/mol. The Kier molecular flexibility index (Phi) is 5.03. The van der Waals surface area contributed by atoms with E-state index in [1.807, 2.05) is 37.3 Å². The second-order valence-electron chi connectivity index (χ2n) is 4.26. The summed E-state index contributed by atoms with van der Waals surface area (Å²) in [6.45, 7) is 2.51. The number of methoxy groups -OCH3 is 1. The Morgan fingerprint density at radius 1 is 1.15 bits per heavy atom. The van der Waals surface area contributed by atoms with E-state index in [-0.39, 0.29) is 6.10 Å². The molecule has 5 heteroatoms. The second-order valence-corrected chi connectivity index (χ2v) is 4.26. The molecule has 5 nitrogen and oxygen atoms in total. The number of nitrogens with zero attached hydrogens (tertiary/aromatic N) is 2. The van der Waals surface area contributed by atoms with Crippen LogP contribution in [0.3, 0.4) is 0 Å². The zero-order chi connectivity index (χ0) is 14.4. The maximum Gasteiger partial charge on any atom is 0.237 e. The first kappa shape index (κ1) is 14.4. The van der Waals surface area contributed by atoms with E-state index in [1.54, 1.807) is 19.5 Å². The number of nitrogens with two attached hydrogens (primary N) is 1. The van der Waals surface area contributed by atoms with Gasteiger partial charge in [0.05, 0.1) is 13.2 Å². The van der Waals surface area contributed by atoms with Crippen LogP contribution in [0.2, 0.25) is 0 Å². The van der Waals surface area contributed by atoms with Crippen molar-refractivity contribution in [3.63, 3.8) is 0 Å². The Balaban J connectivity index is 2.34. The molecule has 0 aliphatic carbocycles. The first-order valence-corrected chi connectivity index (χ1v) is 6.55. The van der Waals surface area contributed by atoms with Crippen LogP contribution in [0, 0.1) is 0 Å². The molecule has 0 aliphatic heterocycles. The van der Waals surface area contributed by atoms with E-state index >= 15 is 0 Å². The molecule has 2 atom stereocenters. The summed E-state index contributed by atoms with van der Waals surface area (Å²) < 4.78 is 11.0. The van der Waals surface area contributed by atoms with Gasteiger partial charge >= 0.3 is 0 Å². The highest BCUT2D eigenvalue weighted by Crippen LogP contribution is 2.32. The van der Waals surface area contributed by atoms with E-state index in [4.69, 9.17) is 15.2 Å². The van der Waals surface area contributed by atoms with Gasteiger partial charge in [0.1, 0.15) is 11.8 Å². The van der Waals surface area contributed by atoms with Crippen LogP contribution in [0.5, 0.6) is 5.88 Å². The molecule has 0 saturated carbocycles. The molecule has 1 aromatic carbocycles. The molecule has 0 bridgehead atoms. The van der Waals surface area contributed by atoms with Crippen LogP contribution < -0.4 is 10.5 Å². The highest BCUT2D eigenvalue weighted by Gasteiger charge is 2.26. The molecule has 0 amide bonds. The van der Waals surface area contributed by atoms with E-state index in [9.17, 15) is 0 Å². The van der Waals surface area contributed by atoms with Gasteiger partial charge in [-0.15, -0.1) is 0 Å². The zero-order valence-corrected chi connectivity index (χ0v) is 11.7. The maximum atomic E-state index is 6.33. The lowest BCUT2D eigenvalue weighted by atomic mass is 10.00. The molecule has 1 aromatic heterocycles. The fourth-order valence-corrected chi connectivity index (χ4v) is 2.09. The fourth-order valence-electron chi connectivity index (χ4n) is 2.09. The van der Waals surface area contributed by atoms with Crippen LogP contribution in [0.15, 0.2) is 42.7 Å². The molecule has 2 rings (SSSR count). The third-order valence-corrected chi connectivity index (χ3v) is 3.00. The first-order valence-electron chi connectivity index (χ1n) is 6.55. The normalized spacial score (nSPS) is 13.8. The van der Waals surface area contributed by atoms with Gasteiger partial charge in [-0.2, -0.15) is 0 Å². The molecule has 0 spiro atoms. The van der Waals surface area contributed by atoms with E-state index in [2.05, 4.69) is 9.97 Å². The van der Waals surface area contributed by atoms with E-state index in [0.717, 1.165) is 5.56 Å². The molecule has 2 N–H and O–H groups in total. The van der Waals surface area contributed by atoms with E-state index in [1.165, 1.54) is 0 Å². The number of hydrogen-bond acceptors (Lipinski definition) is 5. The largest absolute Gasteiger partial charge is 0.480 e. The average Bonchev–Trinajstić information content (AvgIpc) is 2.52. The van der Waals surface area contributed by atoms with Gasteiger partial charge in [0, 0.05) is 19.0 Å². The van der Waals surface area contributed by atoms with Gasteiger partial charge < -0.3 is 15.2 Å². The van der Waals surface area contributed by atoms with Gasteiger partial charge in [-0.05, 0) is 12.5 Å². The monoisotopic (exact) mass is 273 g/mol. The molecule has 106 valence electrons. The van der Waals surface area contributed by atoms with Crippen LogP contribution in [0.4, 0.5) is 0 Å². The minimum Gasteiger partial charge on any atom is -0.480 e. The SMILES string of the molecule is CCOC(c1ccccc1)C(N)c1nccnc1OC. The van der Waals surface area contributed by atoms with Gasteiger partial charge in [0.2, 0.25) is 5.88 Å². The lowest BCUT2D eigenvalue weighted by Crippen LogP contribution is -2.24. The van der Waals surface area contributed by atoms with Crippen molar-refractivity contribution in [1.82, 2.24) is 9.97 Å². The van der Waals surface area contributed by atoms with Crippen molar-refractivity contribution in [1.29, 1.82) is 0 Å². The molecular weight excluding hydrogens is 254 g/mol. The molecular formula is C15H19N3O2. The van der Waals surface area contributed by atoms with Gasteiger partial charge in [0.15, 0.2) is 0 Å². The minimum absolute atomic E-state index is 0.285. The van der Waals surface area contributed by atoms with Gasteiger partial charge in [0.25, 0.3) is 0 Å². The van der Waals surface area contributed by atoms with Gasteiger partial charge in [-0.1, -0.05) is 30.3 Å². The Morgan fingerprint density at radius 3 is 2.50 bits per heavy atom. The summed E-state index contributed by atoms with van der Waals surface area (Å²) in [5.74, 6) is 0.431. The number of aromatic nitrogens is 2. The van der Waals surface area contributed by atoms with Gasteiger partial charge in [-0.25, -0.2) is 4.98 Å². The van der Waals surface area contributed by atoms with Crippen LogP contribution in [-0.4, -0.2) is 23.7 Å². The molecule has 0 aliphatic rings. The summed E-state index contributed by atoms with van der Waals surface area (Å²) in [4.78, 5) is 8.42. The number of benzene rings is 1. The van der Waals surface area contributed by atoms with Crippen molar-refractivity contribution < 1.29 is 9.47 Å².